The van der Waals surface area contributed by atoms with E-state index >= 15 is 0 Å². The fourth-order valence-corrected chi connectivity index (χ4v) is 6.52. The van der Waals surface area contributed by atoms with Gasteiger partial charge in [0, 0.05) is 43.2 Å². The van der Waals surface area contributed by atoms with Crippen molar-refractivity contribution in [3.8, 4) is 33.5 Å². The highest BCUT2D eigenvalue weighted by atomic mass is 32.1. The maximum atomic E-state index is 4.89. The summed E-state index contributed by atoms with van der Waals surface area (Å²) in [6, 6.07) is 41.5. The predicted molar refractivity (Wildman–Crippen MR) is 164 cm³/mol. The van der Waals surface area contributed by atoms with Gasteiger partial charge in [-0.3, -0.25) is 4.98 Å². The van der Waals surface area contributed by atoms with Gasteiger partial charge in [-0.1, -0.05) is 91.0 Å². The maximum Gasteiger partial charge on any atom is 0.0716 e. The van der Waals surface area contributed by atoms with E-state index in [-0.39, 0.29) is 0 Å². The summed E-state index contributed by atoms with van der Waals surface area (Å²) in [5, 5.41) is 5.08. The maximum absolute atomic E-state index is 4.89. The lowest BCUT2D eigenvalue weighted by atomic mass is 9.97. The van der Waals surface area contributed by atoms with E-state index in [1.165, 1.54) is 58.8 Å². The lowest BCUT2D eigenvalue weighted by molar-refractivity contribution is 1.33. The van der Waals surface area contributed by atoms with Crippen molar-refractivity contribution in [3.63, 3.8) is 0 Å². The zero-order chi connectivity index (χ0) is 24.8. The summed E-state index contributed by atoms with van der Waals surface area (Å²) in [6.45, 7) is 0. The van der Waals surface area contributed by atoms with Crippen LogP contribution in [0.15, 0.2) is 121 Å². The van der Waals surface area contributed by atoms with Crippen LogP contribution in [0.2, 0.25) is 0 Å². The normalized spacial score (nSPS) is 11.5. The van der Waals surface area contributed by atoms with E-state index in [9.17, 15) is 0 Å². The number of benzene rings is 5. The van der Waals surface area contributed by atoms with Gasteiger partial charge in [0.05, 0.1) is 5.69 Å². The Morgan fingerprint density at radius 1 is 0.595 bits per heavy atom. The summed E-state index contributed by atoms with van der Waals surface area (Å²) < 4.78 is 2.61. The molecule has 0 radical (unpaired) electrons. The van der Waals surface area contributed by atoms with Crippen molar-refractivity contribution >= 4 is 54.9 Å². The summed E-state index contributed by atoms with van der Waals surface area (Å²) in [6.07, 6.45) is 2.00. The Morgan fingerprint density at radius 3 is 2.00 bits per heavy atom. The molecule has 0 saturated carbocycles. The minimum atomic E-state index is 0.761. The molecule has 0 N–H and O–H groups in total. The second-order valence-corrected chi connectivity index (χ2v) is 10.7. The van der Waals surface area contributed by atoms with Crippen LogP contribution in [0.4, 0.5) is 0 Å². The highest BCUT2D eigenvalue weighted by Crippen LogP contribution is 2.39. The van der Waals surface area contributed by atoms with Crippen LogP contribution in [-0.2, 0) is 5.75 Å². The zero-order valence-corrected chi connectivity index (χ0v) is 21.8. The quantitative estimate of drug-likeness (QED) is 0.233. The topological polar surface area (TPSA) is 12.9 Å². The highest BCUT2D eigenvalue weighted by Gasteiger charge is 2.11. The number of pyridine rings is 1. The molecule has 2 aromatic heterocycles. The van der Waals surface area contributed by atoms with E-state index in [0.717, 1.165) is 17.0 Å². The van der Waals surface area contributed by atoms with Gasteiger partial charge in [0.2, 0.25) is 0 Å². The van der Waals surface area contributed by atoms with E-state index in [1.54, 1.807) is 0 Å². The number of hydrogen-bond acceptors (Lipinski definition) is 3. The van der Waals surface area contributed by atoms with Crippen LogP contribution < -0.4 is 0 Å². The Kier molecular flexibility index (Phi) is 5.53. The Labute approximate surface area is 225 Å². The van der Waals surface area contributed by atoms with Crippen LogP contribution in [0.5, 0.6) is 0 Å². The molecule has 0 aliphatic heterocycles. The fraction of sp³-hybridized carbons (Fsp3) is 0.0294. The minimum absolute atomic E-state index is 0.761. The van der Waals surface area contributed by atoms with Gasteiger partial charge >= 0.3 is 0 Å². The van der Waals surface area contributed by atoms with Gasteiger partial charge in [-0.2, -0.15) is 12.6 Å². The van der Waals surface area contributed by atoms with E-state index in [1.807, 2.05) is 17.5 Å². The van der Waals surface area contributed by atoms with Crippen molar-refractivity contribution < 1.29 is 0 Å². The van der Waals surface area contributed by atoms with Gasteiger partial charge in [0.25, 0.3) is 0 Å². The molecule has 7 aromatic rings. The average Bonchev–Trinajstić information content (AvgIpc) is 3.36. The molecule has 3 heteroatoms. The van der Waals surface area contributed by atoms with E-state index < -0.39 is 0 Å². The molecule has 0 aliphatic rings. The third-order valence-corrected chi connectivity index (χ3v) is 8.67. The van der Waals surface area contributed by atoms with Gasteiger partial charge in [-0.05, 0) is 57.3 Å². The molecule has 37 heavy (non-hydrogen) atoms. The summed E-state index contributed by atoms with van der Waals surface area (Å²) in [5.74, 6) is 0.761. The molecule has 176 valence electrons. The average molecular weight is 510 g/mol. The van der Waals surface area contributed by atoms with Crippen molar-refractivity contribution in [2.75, 3.05) is 0 Å². The Morgan fingerprint density at radius 2 is 1.27 bits per heavy atom. The molecule has 0 fully saturated rings. The van der Waals surface area contributed by atoms with Gasteiger partial charge in [-0.15, -0.1) is 11.3 Å². The second-order valence-electron chi connectivity index (χ2n) is 9.34. The first-order valence-electron chi connectivity index (χ1n) is 12.4. The molecule has 2 heterocycles. The molecular weight excluding hydrogens is 487 g/mol. The first-order valence-corrected chi connectivity index (χ1v) is 13.8. The van der Waals surface area contributed by atoms with Crippen LogP contribution in [0.1, 0.15) is 5.56 Å². The number of hydrogen-bond donors (Lipinski definition) is 1. The van der Waals surface area contributed by atoms with Gasteiger partial charge in [0.1, 0.15) is 0 Å². The third kappa shape index (κ3) is 4.01. The van der Waals surface area contributed by atoms with E-state index in [2.05, 4.69) is 128 Å². The number of aromatic nitrogens is 1. The van der Waals surface area contributed by atoms with Gasteiger partial charge in [0.15, 0.2) is 0 Å². The highest BCUT2D eigenvalue weighted by molar-refractivity contribution is 7.79. The van der Waals surface area contributed by atoms with Crippen molar-refractivity contribution in [1.29, 1.82) is 0 Å². The number of thiol groups is 1. The van der Waals surface area contributed by atoms with E-state index in [0.29, 0.717) is 0 Å². The standard InChI is InChI=1S/C34H23NS2/c36-21-22-8-10-23(11-9-22)24-12-13-26-19-27(15-14-25(26)18-24)28-16-17-32(35-20-28)31-6-3-5-30-29-4-1-2-7-33(29)37-34(30)31/h1-20,36H,21H2. The molecule has 0 aliphatic carbocycles. The number of thiophene rings is 1. The Balaban J connectivity index is 1.21. The van der Waals surface area contributed by atoms with Crippen LogP contribution in [0, 0.1) is 0 Å². The number of fused-ring (bicyclic) bond motifs is 4. The molecular formula is C34H23NS2. The molecule has 0 atom stereocenters. The largest absolute Gasteiger partial charge is 0.256 e. The lowest BCUT2D eigenvalue weighted by Gasteiger charge is -2.08. The monoisotopic (exact) mass is 509 g/mol. The van der Waals surface area contributed by atoms with Crippen LogP contribution in [0.3, 0.4) is 0 Å². The number of nitrogens with zero attached hydrogens (tertiary/aromatic N) is 1. The zero-order valence-electron chi connectivity index (χ0n) is 20.1. The van der Waals surface area contributed by atoms with E-state index in [4.69, 9.17) is 4.98 Å². The summed E-state index contributed by atoms with van der Waals surface area (Å²) in [5.41, 5.74) is 8.20. The minimum Gasteiger partial charge on any atom is -0.256 e. The Bertz CT molecular complexity index is 1900. The van der Waals surface area contributed by atoms with Crippen LogP contribution in [-0.4, -0.2) is 4.98 Å². The smallest absolute Gasteiger partial charge is 0.0716 e. The molecule has 5 aromatic carbocycles. The summed E-state index contributed by atoms with van der Waals surface area (Å²) >= 11 is 6.21. The molecule has 0 bridgehead atoms. The predicted octanol–water partition coefficient (Wildman–Crippen LogP) is 10.0. The molecule has 0 spiro atoms. The van der Waals surface area contributed by atoms with Crippen molar-refractivity contribution in [2.45, 2.75) is 5.75 Å². The molecule has 1 nitrogen and oxygen atoms in total. The van der Waals surface area contributed by atoms with Crippen LogP contribution in [0.25, 0.3) is 64.5 Å². The van der Waals surface area contributed by atoms with Gasteiger partial charge < -0.3 is 0 Å². The van der Waals surface area contributed by atoms with Crippen LogP contribution >= 0.6 is 24.0 Å². The van der Waals surface area contributed by atoms with Crippen molar-refractivity contribution in [3.05, 3.63) is 127 Å². The molecule has 0 unspecified atom stereocenters. The fourth-order valence-electron chi connectivity index (χ4n) is 5.08. The molecule has 7 rings (SSSR count). The Hall–Kier alpha value is -3.92. The molecule has 0 amide bonds. The number of rotatable bonds is 4. The first-order chi connectivity index (χ1) is 18.3. The first kappa shape index (κ1) is 22.3. The lowest BCUT2D eigenvalue weighted by Crippen LogP contribution is -1.86. The van der Waals surface area contributed by atoms with Crippen molar-refractivity contribution in [2.24, 2.45) is 0 Å². The van der Waals surface area contributed by atoms with Crippen molar-refractivity contribution in [1.82, 2.24) is 4.98 Å². The second kappa shape index (κ2) is 9.19. The summed E-state index contributed by atoms with van der Waals surface area (Å²) in [4.78, 5) is 4.89. The van der Waals surface area contributed by atoms with Gasteiger partial charge in [-0.25, -0.2) is 0 Å². The molecule has 0 saturated heterocycles. The summed E-state index contributed by atoms with van der Waals surface area (Å²) in [7, 11) is 0. The third-order valence-electron chi connectivity index (χ3n) is 7.09. The SMILES string of the molecule is SCc1ccc(-c2ccc3cc(-c4ccc(-c5cccc6c5sc5ccccc56)nc4)ccc3c2)cc1.